The second-order valence-corrected chi connectivity index (χ2v) is 6.85. The maximum atomic E-state index is 11.3. The molecule has 5 nitrogen and oxygen atoms in total. The third-order valence-electron chi connectivity index (χ3n) is 4.28. The van der Waals surface area contributed by atoms with E-state index in [2.05, 4.69) is 5.32 Å². The molecule has 0 bridgehead atoms. The molecule has 1 N–H and O–H groups in total. The molecule has 0 aromatic heterocycles. The van der Waals surface area contributed by atoms with Gasteiger partial charge in [0.2, 0.25) is 0 Å². The van der Waals surface area contributed by atoms with E-state index in [9.17, 15) is 10.1 Å². The SMILES string of the molecule is CCC(C)(CC)Nc1cc(Oc2ccc(Cl)cc2Cl)ccc1[N+](=O)[O-]. The summed E-state index contributed by atoms with van der Waals surface area (Å²) < 4.78 is 5.77. The van der Waals surface area contributed by atoms with Crippen LogP contribution < -0.4 is 10.1 Å². The smallest absolute Gasteiger partial charge is 0.292 e. The summed E-state index contributed by atoms with van der Waals surface area (Å²) >= 11 is 12.0. The molecule has 0 atom stereocenters. The van der Waals surface area contributed by atoms with Gasteiger partial charge in [-0.3, -0.25) is 10.1 Å². The van der Waals surface area contributed by atoms with E-state index in [1.54, 1.807) is 30.3 Å². The van der Waals surface area contributed by atoms with Crippen LogP contribution in [0.4, 0.5) is 11.4 Å². The van der Waals surface area contributed by atoms with Gasteiger partial charge < -0.3 is 10.1 Å². The van der Waals surface area contributed by atoms with Gasteiger partial charge in [-0.15, -0.1) is 0 Å². The lowest BCUT2D eigenvalue weighted by atomic mass is 9.95. The fraction of sp³-hybridized carbons (Fsp3) is 0.333. The highest BCUT2D eigenvalue weighted by Crippen LogP contribution is 2.36. The van der Waals surface area contributed by atoms with Crippen LogP contribution >= 0.6 is 23.2 Å². The minimum absolute atomic E-state index is 0.00248. The number of nitrogens with zero attached hydrogens (tertiary/aromatic N) is 1. The summed E-state index contributed by atoms with van der Waals surface area (Å²) in [5.74, 6) is 0.881. The highest BCUT2D eigenvalue weighted by atomic mass is 35.5. The topological polar surface area (TPSA) is 64.4 Å². The Morgan fingerprint density at radius 3 is 2.40 bits per heavy atom. The number of hydrogen-bond acceptors (Lipinski definition) is 4. The molecule has 0 fully saturated rings. The van der Waals surface area contributed by atoms with Crippen LogP contribution in [0.5, 0.6) is 11.5 Å². The van der Waals surface area contributed by atoms with Gasteiger partial charge in [0.05, 0.1) is 9.95 Å². The minimum Gasteiger partial charge on any atom is -0.456 e. The molecule has 2 aromatic rings. The molecular weight excluding hydrogens is 363 g/mol. The van der Waals surface area contributed by atoms with Crippen LogP contribution in [-0.2, 0) is 0 Å². The number of nitrogens with one attached hydrogen (secondary N) is 1. The van der Waals surface area contributed by atoms with Crippen LogP contribution in [-0.4, -0.2) is 10.5 Å². The van der Waals surface area contributed by atoms with Crippen LogP contribution in [0.3, 0.4) is 0 Å². The van der Waals surface area contributed by atoms with Gasteiger partial charge in [0.25, 0.3) is 5.69 Å². The molecule has 0 heterocycles. The first-order valence-corrected chi connectivity index (χ1v) is 8.73. The van der Waals surface area contributed by atoms with E-state index in [0.29, 0.717) is 27.2 Å². The van der Waals surface area contributed by atoms with E-state index >= 15 is 0 Å². The van der Waals surface area contributed by atoms with Crippen molar-refractivity contribution in [1.29, 1.82) is 0 Å². The Balaban J connectivity index is 2.37. The standard InChI is InChI=1S/C18H20Cl2N2O3/c1-4-18(3,5-2)21-15-11-13(7-8-16(15)22(23)24)25-17-9-6-12(19)10-14(17)20/h6-11,21H,4-5H2,1-3H3. The Labute approximate surface area is 157 Å². The fourth-order valence-corrected chi connectivity index (χ4v) is 2.72. The number of ether oxygens (including phenoxy) is 1. The molecule has 0 radical (unpaired) electrons. The molecule has 0 saturated heterocycles. The Hall–Kier alpha value is -1.98. The van der Waals surface area contributed by atoms with Crippen LogP contribution in [0.15, 0.2) is 36.4 Å². The van der Waals surface area contributed by atoms with Crippen molar-refractivity contribution in [3.8, 4) is 11.5 Å². The maximum Gasteiger partial charge on any atom is 0.292 e. The highest BCUT2D eigenvalue weighted by molar-refractivity contribution is 6.35. The third kappa shape index (κ3) is 4.77. The molecule has 0 aliphatic rings. The predicted molar refractivity (Wildman–Crippen MR) is 102 cm³/mol. The van der Waals surface area contributed by atoms with Gasteiger partial charge in [-0.25, -0.2) is 0 Å². The highest BCUT2D eigenvalue weighted by Gasteiger charge is 2.24. The van der Waals surface area contributed by atoms with Crippen molar-refractivity contribution in [3.05, 3.63) is 56.6 Å². The molecule has 2 aromatic carbocycles. The summed E-state index contributed by atoms with van der Waals surface area (Å²) in [4.78, 5) is 10.9. The van der Waals surface area contributed by atoms with Crippen molar-refractivity contribution < 1.29 is 9.66 Å². The Morgan fingerprint density at radius 2 is 1.84 bits per heavy atom. The van der Waals surface area contributed by atoms with Crippen LogP contribution in [0.25, 0.3) is 0 Å². The average Bonchev–Trinajstić information content (AvgIpc) is 2.57. The van der Waals surface area contributed by atoms with Gasteiger partial charge >= 0.3 is 0 Å². The zero-order chi connectivity index (χ0) is 18.6. The lowest BCUT2D eigenvalue weighted by Crippen LogP contribution is -2.33. The number of rotatable bonds is 7. The quantitative estimate of drug-likeness (QED) is 0.428. The summed E-state index contributed by atoms with van der Waals surface area (Å²) in [6.45, 7) is 6.10. The van der Waals surface area contributed by atoms with Gasteiger partial charge in [-0.2, -0.15) is 0 Å². The lowest BCUT2D eigenvalue weighted by Gasteiger charge is -2.29. The van der Waals surface area contributed by atoms with E-state index < -0.39 is 4.92 Å². The summed E-state index contributed by atoms with van der Waals surface area (Å²) in [6, 6.07) is 9.48. The summed E-state index contributed by atoms with van der Waals surface area (Å²) in [7, 11) is 0. The molecular formula is C18H20Cl2N2O3. The Kier molecular flexibility index (Phi) is 6.14. The zero-order valence-corrected chi connectivity index (χ0v) is 15.8. The van der Waals surface area contributed by atoms with Gasteiger partial charge in [0.1, 0.15) is 17.2 Å². The van der Waals surface area contributed by atoms with E-state index in [-0.39, 0.29) is 11.2 Å². The van der Waals surface area contributed by atoms with E-state index in [1.807, 2.05) is 20.8 Å². The molecule has 0 saturated carbocycles. The summed E-state index contributed by atoms with van der Waals surface area (Å²) in [5, 5.41) is 15.5. The first-order valence-electron chi connectivity index (χ1n) is 7.97. The molecule has 2 rings (SSSR count). The van der Waals surface area contributed by atoms with E-state index in [0.717, 1.165) is 12.8 Å². The average molecular weight is 383 g/mol. The largest absolute Gasteiger partial charge is 0.456 e. The van der Waals surface area contributed by atoms with Gasteiger partial charge in [0, 0.05) is 22.7 Å². The van der Waals surface area contributed by atoms with E-state index in [4.69, 9.17) is 27.9 Å². The molecule has 25 heavy (non-hydrogen) atoms. The van der Waals surface area contributed by atoms with Gasteiger partial charge in [0.15, 0.2) is 0 Å². The number of hydrogen-bond donors (Lipinski definition) is 1. The summed E-state index contributed by atoms with van der Waals surface area (Å²) in [5.41, 5.74) is 0.169. The Morgan fingerprint density at radius 1 is 1.16 bits per heavy atom. The monoisotopic (exact) mass is 382 g/mol. The first kappa shape index (κ1) is 19.3. The molecule has 134 valence electrons. The number of benzene rings is 2. The van der Waals surface area contributed by atoms with Crippen molar-refractivity contribution in [3.63, 3.8) is 0 Å². The predicted octanol–water partition coefficient (Wildman–Crippen LogP) is 6.68. The van der Waals surface area contributed by atoms with Crippen LogP contribution in [0.2, 0.25) is 10.0 Å². The van der Waals surface area contributed by atoms with Crippen LogP contribution in [0, 0.1) is 10.1 Å². The Bertz CT molecular complexity index is 777. The normalized spacial score (nSPS) is 11.2. The lowest BCUT2D eigenvalue weighted by molar-refractivity contribution is -0.384. The second-order valence-electron chi connectivity index (χ2n) is 6.01. The minimum atomic E-state index is -0.410. The maximum absolute atomic E-state index is 11.3. The third-order valence-corrected chi connectivity index (χ3v) is 4.81. The molecule has 0 aliphatic heterocycles. The van der Waals surface area contributed by atoms with Crippen molar-refractivity contribution in [2.45, 2.75) is 39.2 Å². The molecule has 0 aliphatic carbocycles. The van der Waals surface area contributed by atoms with E-state index in [1.165, 1.54) is 6.07 Å². The number of anilines is 1. The van der Waals surface area contributed by atoms with Crippen molar-refractivity contribution in [2.24, 2.45) is 0 Å². The van der Waals surface area contributed by atoms with Gasteiger partial charge in [-0.05, 0) is 44.0 Å². The van der Waals surface area contributed by atoms with Crippen molar-refractivity contribution >= 4 is 34.6 Å². The number of halogens is 2. The molecule has 0 unspecified atom stereocenters. The second kappa shape index (κ2) is 7.93. The van der Waals surface area contributed by atoms with Crippen molar-refractivity contribution in [2.75, 3.05) is 5.32 Å². The fourth-order valence-electron chi connectivity index (χ4n) is 2.27. The van der Waals surface area contributed by atoms with Crippen LogP contribution in [0.1, 0.15) is 33.6 Å². The first-order chi connectivity index (χ1) is 11.8. The zero-order valence-electron chi connectivity index (χ0n) is 14.3. The number of nitro benzene ring substituents is 1. The molecule has 0 amide bonds. The molecule has 7 heteroatoms. The summed E-state index contributed by atoms with van der Waals surface area (Å²) in [6.07, 6.45) is 1.66. The molecule has 0 spiro atoms. The number of nitro groups is 1. The van der Waals surface area contributed by atoms with Gasteiger partial charge in [-0.1, -0.05) is 37.0 Å². The van der Waals surface area contributed by atoms with Crippen molar-refractivity contribution in [1.82, 2.24) is 0 Å².